The number of nitrogens with one attached hydrogen (secondary N) is 1. The van der Waals surface area contributed by atoms with Crippen LogP contribution in [-0.4, -0.2) is 55.3 Å². The fourth-order valence-corrected chi connectivity index (χ4v) is 4.27. The first-order chi connectivity index (χ1) is 21.0. The second-order valence-electron chi connectivity index (χ2n) is 9.64. The summed E-state index contributed by atoms with van der Waals surface area (Å²) in [6.07, 6.45) is -0.0681. The lowest BCUT2D eigenvalue weighted by molar-refractivity contribution is -0.150. The molecule has 44 heavy (non-hydrogen) atoms. The van der Waals surface area contributed by atoms with Crippen LogP contribution in [0.15, 0.2) is 84.0 Å². The van der Waals surface area contributed by atoms with Crippen LogP contribution in [0.25, 0.3) is 0 Å². The number of nitriles is 1. The molecular weight excluding hydrogens is 604 g/mol. The van der Waals surface area contributed by atoms with Crippen molar-refractivity contribution in [1.82, 2.24) is 10.2 Å². The fraction of sp³-hybridized carbons (Fsp3) is 0.281. The largest absolute Gasteiger partial charge is 0.457 e. The van der Waals surface area contributed by atoms with Crippen molar-refractivity contribution in [3.63, 3.8) is 0 Å². The van der Waals surface area contributed by atoms with Gasteiger partial charge >= 0.3 is 12.1 Å². The van der Waals surface area contributed by atoms with E-state index in [-0.39, 0.29) is 16.9 Å². The number of halogens is 1. The molecule has 0 aromatic heterocycles. The number of ether oxygens (including phenoxy) is 2. The van der Waals surface area contributed by atoms with Gasteiger partial charge in [-0.1, -0.05) is 73.1 Å². The molecule has 2 amide bonds. The van der Waals surface area contributed by atoms with Gasteiger partial charge in [-0.15, -0.1) is 11.8 Å². The predicted octanol–water partition coefficient (Wildman–Crippen LogP) is 6.79. The Morgan fingerprint density at radius 2 is 1.59 bits per heavy atom. The zero-order valence-corrected chi connectivity index (χ0v) is 26.9. The molecule has 0 spiro atoms. The van der Waals surface area contributed by atoms with E-state index in [1.54, 1.807) is 56.7 Å². The van der Waals surface area contributed by atoms with Gasteiger partial charge in [-0.25, -0.2) is 4.79 Å². The molecular formula is C32H35ClN4O6S. The van der Waals surface area contributed by atoms with Gasteiger partial charge in [0, 0.05) is 31.7 Å². The van der Waals surface area contributed by atoms with Crippen molar-refractivity contribution in [2.75, 3.05) is 27.4 Å². The summed E-state index contributed by atoms with van der Waals surface area (Å²) in [4.78, 5) is 40.7. The van der Waals surface area contributed by atoms with E-state index in [4.69, 9.17) is 21.1 Å². The summed E-state index contributed by atoms with van der Waals surface area (Å²) in [5, 5.41) is 16.0. The van der Waals surface area contributed by atoms with Crippen molar-refractivity contribution >= 4 is 46.4 Å². The molecule has 0 aliphatic heterocycles. The van der Waals surface area contributed by atoms with Crippen molar-refractivity contribution < 1.29 is 28.7 Å². The number of carbonyl (C=O) groups is 3. The third-order valence-corrected chi connectivity index (χ3v) is 6.73. The van der Waals surface area contributed by atoms with Crippen molar-refractivity contribution in [2.45, 2.75) is 25.9 Å². The van der Waals surface area contributed by atoms with Crippen LogP contribution < -0.4 is 10.1 Å². The monoisotopic (exact) mass is 638 g/mol. The van der Waals surface area contributed by atoms with Crippen molar-refractivity contribution in [1.29, 1.82) is 5.26 Å². The Kier molecular flexibility index (Phi) is 14.8. The summed E-state index contributed by atoms with van der Waals surface area (Å²) in [7, 11) is 4.59. The van der Waals surface area contributed by atoms with E-state index in [1.165, 1.54) is 11.9 Å². The molecule has 0 aliphatic rings. The second kappa shape index (κ2) is 18.2. The molecule has 0 saturated carbocycles. The quantitative estimate of drug-likeness (QED) is 0.0939. The Morgan fingerprint density at radius 1 is 0.955 bits per heavy atom. The molecule has 3 aromatic rings. The van der Waals surface area contributed by atoms with E-state index in [9.17, 15) is 19.6 Å². The zero-order valence-electron chi connectivity index (χ0n) is 25.3. The number of benzene rings is 3. The number of oxime groups is 1. The molecule has 0 unspecified atom stereocenters. The lowest BCUT2D eigenvalue weighted by Crippen LogP contribution is -2.28. The van der Waals surface area contributed by atoms with Crippen LogP contribution in [0.2, 0.25) is 5.02 Å². The average molecular weight is 639 g/mol. The van der Waals surface area contributed by atoms with E-state index >= 15 is 0 Å². The highest BCUT2D eigenvalue weighted by atomic mass is 35.5. The third kappa shape index (κ3) is 11.3. The molecule has 0 radical (unpaired) electrons. The molecule has 0 fully saturated rings. The molecule has 0 bridgehead atoms. The van der Waals surface area contributed by atoms with Crippen LogP contribution in [-0.2, 0) is 19.2 Å². The lowest BCUT2D eigenvalue weighted by atomic mass is 9.88. The molecule has 232 valence electrons. The number of para-hydroxylation sites is 1. The van der Waals surface area contributed by atoms with Gasteiger partial charge in [-0.2, -0.15) is 5.26 Å². The van der Waals surface area contributed by atoms with Crippen LogP contribution in [0.1, 0.15) is 37.0 Å². The average Bonchev–Trinajstić information content (AvgIpc) is 3.01. The van der Waals surface area contributed by atoms with Gasteiger partial charge in [-0.05, 0) is 54.1 Å². The molecule has 3 rings (SSSR count). The highest BCUT2D eigenvalue weighted by Gasteiger charge is 2.29. The van der Waals surface area contributed by atoms with E-state index in [2.05, 4.69) is 21.4 Å². The van der Waals surface area contributed by atoms with Crippen LogP contribution in [0.5, 0.6) is 11.5 Å². The van der Waals surface area contributed by atoms with E-state index in [1.807, 2.05) is 56.3 Å². The van der Waals surface area contributed by atoms with Gasteiger partial charge in [0.25, 0.3) is 5.91 Å². The maximum Gasteiger partial charge on any atom is 0.433 e. The molecule has 0 saturated heterocycles. The molecule has 2 atom stereocenters. The Hall–Kier alpha value is -4.53. The smallest absolute Gasteiger partial charge is 0.433 e. The molecule has 12 heteroatoms. The predicted molar refractivity (Wildman–Crippen MR) is 172 cm³/mol. The summed E-state index contributed by atoms with van der Waals surface area (Å²) in [5.41, 5.74) is 1.36. The Bertz CT molecular complexity index is 1460. The third-order valence-electron chi connectivity index (χ3n) is 5.84. The molecule has 0 heterocycles. The molecule has 10 nitrogen and oxygen atoms in total. The van der Waals surface area contributed by atoms with Gasteiger partial charge in [0.2, 0.25) is 11.1 Å². The highest BCUT2D eigenvalue weighted by Crippen LogP contribution is 2.31. The number of thioether (sulfide) groups is 1. The van der Waals surface area contributed by atoms with Crippen molar-refractivity contribution in [2.24, 2.45) is 11.1 Å². The standard InChI is InChI=1S/C25H22ClNO3.C7H13N3O3S/c1-17(2)24(18-11-13-20(26)14-12-18)25(28)30-23(16-27)19-7-6-10-22(15-19)29-21-8-4-3-5-9-21;1-8-7(12)13-9-5(14-4)6(11)10(2)3/h3-15,17,23-24H,1-2H3;1-4H3,(H,8,12)/t23-,24+;/m1./s1. The Balaban J connectivity index is 0.000000408. The van der Waals surface area contributed by atoms with Crippen LogP contribution >= 0.6 is 23.4 Å². The minimum Gasteiger partial charge on any atom is -0.457 e. The second-order valence-corrected chi connectivity index (χ2v) is 10.9. The van der Waals surface area contributed by atoms with E-state index < -0.39 is 24.1 Å². The number of nitrogens with zero attached hydrogens (tertiary/aromatic N) is 3. The fourth-order valence-electron chi connectivity index (χ4n) is 3.67. The summed E-state index contributed by atoms with van der Waals surface area (Å²) in [5.74, 6) is -0.0156. The minimum absolute atomic E-state index is 0.00855. The number of carbonyl (C=O) groups excluding carboxylic acids is 3. The Morgan fingerprint density at radius 3 is 2.14 bits per heavy atom. The van der Waals surface area contributed by atoms with Crippen LogP contribution in [0, 0.1) is 17.2 Å². The first kappa shape index (κ1) is 35.7. The number of amides is 2. The summed E-state index contributed by atoms with van der Waals surface area (Å²) < 4.78 is 11.4. The van der Waals surface area contributed by atoms with Gasteiger partial charge in [0.05, 0.1) is 5.92 Å². The molecule has 3 aromatic carbocycles. The summed E-state index contributed by atoms with van der Waals surface area (Å²) in [6.45, 7) is 3.88. The van der Waals surface area contributed by atoms with E-state index in [0.29, 0.717) is 22.1 Å². The number of esters is 1. The van der Waals surface area contributed by atoms with Gasteiger partial charge in [0.15, 0.2) is 0 Å². The maximum atomic E-state index is 13.0. The van der Waals surface area contributed by atoms with Gasteiger partial charge < -0.3 is 19.7 Å². The van der Waals surface area contributed by atoms with E-state index in [0.717, 1.165) is 17.3 Å². The summed E-state index contributed by atoms with van der Waals surface area (Å²) >= 11 is 7.08. The molecule has 0 aliphatic carbocycles. The highest BCUT2D eigenvalue weighted by molar-refractivity contribution is 8.15. The number of hydrogen-bond acceptors (Lipinski definition) is 9. The SMILES string of the molecule is CC(C)[C@H](C(=O)O[C@H](C#N)c1cccc(Oc2ccccc2)c1)c1ccc(Cl)cc1.CNC(=O)ON=C(SC)C(=O)N(C)C. The Labute approximate surface area is 266 Å². The topological polar surface area (TPSA) is 130 Å². The summed E-state index contributed by atoms with van der Waals surface area (Å²) in [6, 6.07) is 25.5. The normalized spacial score (nSPS) is 12.0. The first-order valence-electron chi connectivity index (χ1n) is 13.4. The number of hydrogen-bond donors (Lipinski definition) is 1. The molecule has 1 N–H and O–H groups in total. The maximum absolute atomic E-state index is 13.0. The zero-order chi connectivity index (χ0) is 32.6. The minimum atomic E-state index is -1.04. The van der Waals surface area contributed by atoms with Crippen molar-refractivity contribution in [3.8, 4) is 17.6 Å². The van der Waals surface area contributed by atoms with Crippen LogP contribution in [0.3, 0.4) is 0 Å². The first-order valence-corrected chi connectivity index (χ1v) is 15.0. The lowest BCUT2D eigenvalue weighted by Gasteiger charge is -2.22. The van der Waals surface area contributed by atoms with Gasteiger partial charge in [0.1, 0.15) is 17.6 Å². The van der Waals surface area contributed by atoms with Crippen molar-refractivity contribution in [3.05, 3.63) is 95.0 Å². The van der Waals surface area contributed by atoms with Gasteiger partial charge in [-0.3, -0.25) is 14.4 Å². The number of rotatable bonds is 8. The van der Waals surface area contributed by atoms with Crippen LogP contribution in [0.4, 0.5) is 4.79 Å².